The predicted molar refractivity (Wildman–Crippen MR) is 275 cm³/mol. The Morgan fingerprint density at radius 3 is 1.31 bits per heavy atom. The second-order valence-electron chi connectivity index (χ2n) is 17.4. The number of nitrogens with two attached hydrogens (primary N) is 1. The van der Waals surface area contributed by atoms with E-state index in [0.717, 1.165) is 83.5 Å². The van der Waals surface area contributed by atoms with Gasteiger partial charge in [0.1, 0.15) is 6.10 Å². The summed E-state index contributed by atoms with van der Waals surface area (Å²) in [6, 6.07) is 0. The zero-order chi connectivity index (χ0) is 46.5. The molecule has 0 rings (SSSR count). The van der Waals surface area contributed by atoms with Crippen molar-refractivity contribution < 1.29 is 32.8 Å². The highest BCUT2D eigenvalue weighted by Crippen LogP contribution is 2.43. The first-order valence-corrected chi connectivity index (χ1v) is 27.9. The third-order valence-electron chi connectivity index (χ3n) is 11.1. The Labute approximate surface area is 395 Å². The molecule has 64 heavy (non-hydrogen) atoms. The molecule has 0 saturated heterocycles. The Balaban J connectivity index is 3.98. The molecular weight excluding hydrogens is 818 g/mol. The fraction of sp³-hybridized carbons (Fsp3) is 0.764. The van der Waals surface area contributed by atoms with Crippen LogP contribution in [0.3, 0.4) is 0 Å². The normalized spacial score (nSPS) is 13.9. The van der Waals surface area contributed by atoms with E-state index in [0.29, 0.717) is 13.0 Å². The summed E-state index contributed by atoms with van der Waals surface area (Å²) in [4.78, 5) is 22.6. The topological polar surface area (TPSA) is 117 Å². The average Bonchev–Trinajstić information content (AvgIpc) is 3.29. The summed E-state index contributed by atoms with van der Waals surface area (Å²) in [6.45, 7) is 4.82. The first-order valence-electron chi connectivity index (χ1n) is 26.4. The van der Waals surface area contributed by atoms with Gasteiger partial charge in [-0.1, -0.05) is 234 Å². The third kappa shape index (κ3) is 50.9. The molecule has 2 unspecified atom stereocenters. The monoisotopic (exact) mass is 918 g/mol. The lowest BCUT2D eigenvalue weighted by molar-refractivity contribution is -0.154. The SMILES string of the molecule is CC/C=C\C/C=C\C/C=C\C/C=C\C/C=C\C/C=C\CCCCCCCCC(=O)OC(COCCCCCCCCCCCCCCCCCCCCCC)COP(=O)(O)OCCN. The van der Waals surface area contributed by atoms with Crippen LogP contribution in [0.4, 0.5) is 0 Å². The van der Waals surface area contributed by atoms with Gasteiger partial charge in [-0.25, -0.2) is 4.57 Å². The zero-order valence-electron chi connectivity index (χ0n) is 41.5. The number of ether oxygens (including phenoxy) is 2. The van der Waals surface area contributed by atoms with E-state index in [1.165, 1.54) is 128 Å². The molecule has 0 aliphatic heterocycles. The van der Waals surface area contributed by atoms with Crippen LogP contribution < -0.4 is 5.73 Å². The number of carbonyl (C=O) groups excluding carboxylic acids is 1. The van der Waals surface area contributed by atoms with Crippen LogP contribution >= 0.6 is 7.82 Å². The van der Waals surface area contributed by atoms with Crippen LogP contribution in [0.1, 0.15) is 232 Å². The number of phosphoric ester groups is 1. The number of esters is 1. The number of carbonyl (C=O) groups is 1. The van der Waals surface area contributed by atoms with Crippen LogP contribution in [-0.4, -0.2) is 49.9 Å². The molecule has 0 aromatic carbocycles. The number of hydrogen-bond acceptors (Lipinski definition) is 7. The maximum atomic E-state index is 12.7. The summed E-state index contributed by atoms with van der Waals surface area (Å²) in [5.41, 5.74) is 5.39. The van der Waals surface area contributed by atoms with Gasteiger partial charge < -0.3 is 20.1 Å². The van der Waals surface area contributed by atoms with E-state index < -0.39 is 13.9 Å². The van der Waals surface area contributed by atoms with E-state index >= 15 is 0 Å². The van der Waals surface area contributed by atoms with Gasteiger partial charge in [0.2, 0.25) is 0 Å². The van der Waals surface area contributed by atoms with Gasteiger partial charge in [-0.3, -0.25) is 13.8 Å². The zero-order valence-corrected chi connectivity index (χ0v) is 42.4. The standard InChI is InChI=1S/C55H100NO7P/c1-3-5-7-9-11-13-15-17-19-21-23-25-26-27-28-29-30-32-34-36-38-40-42-44-46-48-55(57)63-54(53-62-64(58,59)61-51-49-56)52-60-50-47-45-43-41-39-37-35-33-31-24-22-20-18-16-14-12-10-8-6-4-2/h5,7,11,13,17,19,23,25,27-28,30,32,54H,3-4,6,8-10,12,14-16,18,20-22,24,26,29,31,33-53,56H2,1-2H3,(H,58,59)/b7-5-,13-11-,19-17-,25-23-,28-27-,32-30-. The Kier molecular flexibility index (Phi) is 50.2. The van der Waals surface area contributed by atoms with Gasteiger partial charge in [0.05, 0.1) is 19.8 Å². The Hall–Kier alpha value is -2.06. The van der Waals surface area contributed by atoms with Gasteiger partial charge in [0.25, 0.3) is 0 Å². The minimum atomic E-state index is -4.29. The van der Waals surface area contributed by atoms with Crippen molar-refractivity contribution in [1.29, 1.82) is 0 Å². The molecule has 0 fully saturated rings. The Morgan fingerprint density at radius 1 is 0.484 bits per heavy atom. The molecule has 0 aliphatic carbocycles. The molecule has 0 spiro atoms. The van der Waals surface area contributed by atoms with E-state index in [1.54, 1.807) is 0 Å². The first kappa shape index (κ1) is 61.9. The second-order valence-corrected chi connectivity index (χ2v) is 18.8. The highest BCUT2D eigenvalue weighted by Gasteiger charge is 2.25. The van der Waals surface area contributed by atoms with Crippen molar-refractivity contribution in [3.05, 3.63) is 72.9 Å². The highest BCUT2D eigenvalue weighted by atomic mass is 31.2. The molecule has 0 bridgehead atoms. The Bertz CT molecular complexity index is 1210. The molecule has 372 valence electrons. The molecule has 0 aromatic heterocycles. The van der Waals surface area contributed by atoms with Gasteiger partial charge in [-0.05, 0) is 64.2 Å². The molecule has 0 radical (unpaired) electrons. The molecule has 0 amide bonds. The fourth-order valence-electron chi connectivity index (χ4n) is 7.30. The largest absolute Gasteiger partial charge is 0.472 e. The molecular formula is C55H100NO7P. The Morgan fingerprint density at radius 2 is 0.875 bits per heavy atom. The highest BCUT2D eigenvalue weighted by molar-refractivity contribution is 7.47. The van der Waals surface area contributed by atoms with E-state index in [9.17, 15) is 14.3 Å². The molecule has 9 heteroatoms. The number of unbranched alkanes of at least 4 members (excludes halogenated alkanes) is 25. The van der Waals surface area contributed by atoms with Gasteiger partial charge in [0.15, 0.2) is 0 Å². The summed E-state index contributed by atoms with van der Waals surface area (Å²) < 4.78 is 33.6. The van der Waals surface area contributed by atoms with Crippen LogP contribution in [-0.2, 0) is 27.9 Å². The maximum absolute atomic E-state index is 12.7. The molecule has 8 nitrogen and oxygen atoms in total. The van der Waals surface area contributed by atoms with E-state index in [2.05, 4.69) is 86.8 Å². The van der Waals surface area contributed by atoms with Crippen molar-refractivity contribution in [1.82, 2.24) is 0 Å². The summed E-state index contributed by atoms with van der Waals surface area (Å²) in [7, 11) is -4.29. The number of hydrogen-bond donors (Lipinski definition) is 2. The fourth-order valence-corrected chi connectivity index (χ4v) is 8.06. The van der Waals surface area contributed by atoms with Crippen molar-refractivity contribution in [2.75, 3.05) is 33.0 Å². The smallest absolute Gasteiger partial charge is 0.457 e. The number of rotatable bonds is 50. The average molecular weight is 918 g/mol. The van der Waals surface area contributed by atoms with Crippen LogP contribution in [0.2, 0.25) is 0 Å². The molecule has 0 aromatic rings. The van der Waals surface area contributed by atoms with Crippen molar-refractivity contribution in [2.45, 2.75) is 238 Å². The number of allylic oxidation sites excluding steroid dienone is 12. The van der Waals surface area contributed by atoms with Crippen LogP contribution in [0.5, 0.6) is 0 Å². The number of phosphoric acid groups is 1. The van der Waals surface area contributed by atoms with Gasteiger partial charge in [-0.2, -0.15) is 0 Å². The minimum Gasteiger partial charge on any atom is -0.457 e. The van der Waals surface area contributed by atoms with Crippen molar-refractivity contribution in [2.24, 2.45) is 5.73 Å². The van der Waals surface area contributed by atoms with Gasteiger partial charge in [-0.15, -0.1) is 0 Å². The minimum absolute atomic E-state index is 0.0956. The summed E-state index contributed by atoms with van der Waals surface area (Å²) in [6.07, 6.45) is 66.5. The summed E-state index contributed by atoms with van der Waals surface area (Å²) in [5.74, 6) is -0.343. The van der Waals surface area contributed by atoms with E-state index in [1.807, 2.05) is 0 Å². The molecule has 0 heterocycles. The van der Waals surface area contributed by atoms with Gasteiger partial charge in [0, 0.05) is 19.6 Å². The van der Waals surface area contributed by atoms with Crippen molar-refractivity contribution in [3.63, 3.8) is 0 Å². The predicted octanol–water partition coefficient (Wildman–Crippen LogP) is 16.6. The van der Waals surface area contributed by atoms with Crippen LogP contribution in [0, 0.1) is 0 Å². The van der Waals surface area contributed by atoms with Crippen LogP contribution in [0.15, 0.2) is 72.9 Å². The van der Waals surface area contributed by atoms with Gasteiger partial charge >= 0.3 is 13.8 Å². The van der Waals surface area contributed by atoms with Crippen molar-refractivity contribution in [3.8, 4) is 0 Å². The summed E-state index contributed by atoms with van der Waals surface area (Å²) in [5, 5.41) is 0. The molecule has 2 atom stereocenters. The second kappa shape index (κ2) is 51.9. The molecule has 0 saturated carbocycles. The lowest BCUT2D eigenvalue weighted by Gasteiger charge is -2.20. The van der Waals surface area contributed by atoms with E-state index in [4.69, 9.17) is 24.3 Å². The quantitative estimate of drug-likeness (QED) is 0.0268. The first-order chi connectivity index (χ1) is 31.4. The molecule has 0 aliphatic rings. The summed E-state index contributed by atoms with van der Waals surface area (Å²) >= 11 is 0. The van der Waals surface area contributed by atoms with Crippen molar-refractivity contribution >= 4 is 13.8 Å². The lowest BCUT2D eigenvalue weighted by Crippen LogP contribution is -2.28. The molecule has 3 N–H and O–H groups in total. The lowest BCUT2D eigenvalue weighted by atomic mass is 10.0. The van der Waals surface area contributed by atoms with Crippen LogP contribution in [0.25, 0.3) is 0 Å². The maximum Gasteiger partial charge on any atom is 0.472 e. The third-order valence-corrected chi connectivity index (χ3v) is 12.1. The van der Waals surface area contributed by atoms with E-state index in [-0.39, 0.29) is 32.3 Å².